The maximum Gasteiger partial charge on any atom is 0.191 e. The minimum atomic E-state index is -3.19. The van der Waals surface area contributed by atoms with Gasteiger partial charge >= 0.3 is 0 Å². The van der Waals surface area contributed by atoms with Crippen molar-refractivity contribution < 1.29 is 13.5 Å². The topological polar surface area (TPSA) is 90.8 Å². The van der Waals surface area contributed by atoms with E-state index in [1.165, 1.54) is 11.3 Å². The van der Waals surface area contributed by atoms with Gasteiger partial charge in [0.2, 0.25) is 0 Å². The van der Waals surface area contributed by atoms with Crippen LogP contribution >= 0.6 is 46.9 Å². The predicted molar refractivity (Wildman–Crippen MR) is 117 cm³/mol. The van der Waals surface area contributed by atoms with E-state index in [-0.39, 0.29) is 42.8 Å². The van der Waals surface area contributed by atoms with Crippen LogP contribution in [-0.2, 0) is 9.84 Å². The van der Waals surface area contributed by atoms with E-state index in [4.69, 9.17) is 11.6 Å². The predicted octanol–water partition coefficient (Wildman–Crippen LogP) is 2.82. The molecule has 6 nitrogen and oxygen atoms in total. The number of nitrogens with one attached hydrogen (secondary N) is 2. The fourth-order valence-electron chi connectivity index (χ4n) is 1.73. The van der Waals surface area contributed by atoms with E-state index < -0.39 is 20.7 Å². The highest BCUT2D eigenvalue weighted by Gasteiger charge is 2.28. The van der Waals surface area contributed by atoms with Crippen LogP contribution in [0, 0.1) is 0 Å². The van der Waals surface area contributed by atoms with E-state index in [0.29, 0.717) is 16.8 Å². The van der Waals surface area contributed by atoms with Gasteiger partial charge in [-0.3, -0.25) is 4.99 Å². The first-order chi connectivity index (χ1) is 11.1. The summed E-state index contributed by atoms with van der Waals surface area (Å²) in [6.07, 6.45) is -0.740. The molecule has 0 aliphatic carbocycles. The molecule has 0 fully saturated rings. The number of halogens is 2. The monoisotopic (exact) mass is 523 g/mol. The summed E-state index contributed by atoms with van der Waals surface area (Å²) >= 11 is 7.17. The van der Waals surface area contributed by atoms with E-state index in [1.54, 1.807) is 32.9 Å². The van der Waals surface area contributed by atoms with Crippen LogP contribution in [0.15, 0.2) is 17.1 Å². The molecule has 0 spiro atoms. The van der Waals surface area contributed by atoms with E-state index >= 15 is 0 Å². The van der Waals surface area contributed by atoms with Crippen LogP contribution in [0.25, 0.3) is 0 Å². The molecule has 10 heteroatoms. The molecule has 1 atom stereocenters. The average Bonchev–Trinajstić information content (AvgIpc) is 2.89. The third kappa shape index (κ3) is 8.42. The fourth-order valence-corrected chi connectivity index (χ4v) is 3.75. The fraction of sp³-hybridized carbons (Fsp3) is 0.667. The Labute approximate surface area is 176 Å². The normalized spacial score (nSPS) is 13.9. The zero-order valence-corrected chi connectivity index (χ0v) is 19.6. The largest absolute Gasteiger partial charge is 0.386 e. The zero-order valence-electron chi connectivity index (χ0n) is 14.9. The van der Waals surface area contributed by atoms with Crippen LogP contribution in [0.3, 0.4) is 0 Å². The lowest BCUT2D eigenvalue weighted by molar-refractivity contribution is 0.191. The Morgan fingerprint density at radius 2 is 2.00 bits per heavy atom. The summed E-state index contributed by atoms with van der Waals surface area (Å²) in [6, 6.07) is 3.50. The van der Waals surface area contributed by atoms with Gasteiger partial charge in [0.1, 0.15) is 6.10 Å². The van der Waals surface area contributed by atoms with Crippen molar-refractivity contribution in [3.63, 3.8) is 0 Å². The maximum atomic E-state index is 12.1. The summed E-state index contributed by atoms with van der Waals surface area (Å²) in [5.74, 6) is 0.493. The van der Waals surface area contributed by atoms with E-state index in [2.05, 4.69) is 15.6 Å². The Morgan fingerprint density at radius 3 is 2.48 bits per heavy atom. The highest BCUT2D eigenvalue weighted by atomic mass is 127. The SMILES string of the molecule is CCNC(=NCC(O)c1ccc(Cl)s1)NCCS(=O)(=O)C(C)(C)C.I. The first kappa shape index (κ1) is 24.9. The second-order valence-corrected chi connectivity index (χ2v) is 10.8. The van der Waals surface area contributed by atoms with Gasteiger partial charge in [-0.1, -0.05) is 11.6 Å². The van der Waals surface area contributed by atoms with E-state index in [9.17, 15) is 13.5 Å². The van der Waals surface area contributed by atoms with Crippen LogP contribution in [0.5, 0.6) is 0 Å². The van der Waals surface area contributed by atoms with Crippen LogP contribution in [0.2, 0.25) is 4.34 Å². The van der Waals surface area contributed by atoms with Gasteiger partial charge in [0, 0.05) is 18.0 Å². The summed E-state index contributed by atoms with van der Waals surface area (Å²) in [5.41, 5.74) is 0. The number of hydrogen-bond acceptors (Lipinski definition) is 5. The number of guanidine groups is 1. The lowest BCUT2D eigenvalue weighted by Crippen LogP contribution is -2.42. The van der Waals surface area contributed by atoms with Gasteiger partial charge in [-0.05, 0) is 39.8 Å². The third-order valence-corrected chi connectivity index (χ3v) is 7.23. The van der Waals surface area contributed by atoms with Crippen molar-refractivity contribution in [2.24, 2.45) is 4.99 Å². The molecular formula is C15H27ClIN3O3S2. The van der Waals surface area contributed by atoms with Crippen molar-refractivity contribution in [2.45, 2.75) is 38.5 Å². The van der Waals surface area contributed by atoms with Gasteiger partial charge in [0.25, 0.3) is 0 Å². The second kappa shape index (κ2) is 10.9. The molecule has 0 saturated heterocycles. The van der Waals surface area contributed by atoms with E-state index in [0.717, 1.165) is 4.88 Å². The standard InChI is InChI=1S/C15H26ClN3O3S2.HI/c1-5-17-14(18-8-9-24(21,22)15(2,3)4)19-10-11(20)12-6-7-13(16)23-12;/h6-7,11,20H,5,8-10H2,1-4H3,(H2,17,18,19);1H. The Balaban J connectivity index is 0.00000576. The summed E-state index contributed by atoms with van der Waals surface area (Å²) < 4.78 is 24.0. The molecule has 0 aliphatic rings. The molecular weight excluding hydrogens is 497 g/mol. The van der Waals surface area contributed by atoms with Crippen LogP contribution in [-0.4, -0.2) is 49.6 Å². The van der Waals surface area contributed by atoms with Crippen molar-refractivity contribution in [3.05, 3.63) is 21.3 Å². The molecule has 1 heterocycles. The van der Waals surface area contributed by atoms with Gasteiger partial charge < -0.3 is 15.7 Å². The zero-order chi connectivity index (χ0) is 18.4. The lowest BCUT2D eigenvalue weighted by Gasteiger charge is -2.20. The molecule has 3 N–H and O–H groups in total. The first-order valence-electron chi connectivity index (χ1n) is 7.74. The minimum Gasteiger partial charge on any atom is -0.386 e. The first-order valence-corrected chi connectivity index (χ1v) is 10.6. The highest BCUT2D eigenvalue weighted by Crippen LogP contribution is 2.26. The highest BCUT2D eigenvalue weighted by molar-refractivity contribution is 14.0. The second-order valence-electron chi connectivity index (χ2n) is 6.24. The van der Waals surface area contributed by atoms with Crippen molar-refractivity contribution in [2.75, 3.05) is 25.4 Å². The molecule has 1 rings (SSSR count). The molecule has 0 saturated carbocycles. The van der Waals surface area contributed by atoms with Crippen molar-refractivity contribution in [1.82, 2.24) is 10.6 Å². The Hall–Kier alpha value is -0.100. The van der Waals surface area contributed by atoms with E-state index in [1.807, 2.05) is 6.92 Å². The molecule has 1 aromatic heterocycles. The number of sulfone groups is 1. The summed E-state index contributed by atoms with van der Waals surface area (Å²) in [5, 5.41) is 16.1. The smallest absolute Gasteiger partial charge is 0.191 e. The van der Waals surface area contributed by atoms with Crippen LogP contribution in [0.1, 0.15) is 38.7 Å². The molecule has 146 valence electrons. The molecule has 0 bridgehead atoms. The van der Waals surface area contributed by atoms with Gasteiger partial charge in [0.15, 0.2) is 15.8 Å². The lowest BCUT2D eigenvalue weighted by atomic mass is 10.3. The molecule has 1 aromatic rings. The molecule has 0 aromatic carbocycles. The molecule has 0 amide bonds. The summed E-state index contributed by atoms with van der Waals surface area (Å²) in [7, 11) is -3.19. The van der Waals surface area contributed by atoms with Gasteiger partial charge in [-0.15, -0.1) is 35.3 Å². The van der Waals surface area contributed by atoms with Crippen LogP contribution in [0.4, 0.5) is 0 Å². The van der Waals surface area contributed by atoms with Crippen molar-refractivity contribution >= 4 is 62.7 Å². The number of nitrogens with zero attached hydrogens (tertiary/aromatic N) is 1. The summed E-state index contributed by atoms with van der Waals surface area (Å²) in [6.45, 7) is 8.03. The average molecular weight is 524 g/mol. The van der Waals surface area contributed by atoms with Crippen molar-refractivity contribution in [1.29, 1.82) is 0 Å². The number of hydrogen-bond donors (Lipinski definition) is 3. The number of aliphatic hydroxyl groups excluding tert-OH is 1. The number of aliphatic hydroxyl groups is 1. The minimum absolute atomic E-state index is 0. The molecule has 0 radical (unpaired) electrons. The molecule has 0 aliphatic heterocycles. The number of rotatable bonds is 7. The maximum absolute atomic E-state index is 12.1. The Morgan fingerprint density at radius 1 is 1.36 bits per heavy atom. The molecule has 1 unspecified atom stereocenters. The van der Waals surface area contributed by atoms with Crippen molar-refractivity contribution in [3.8, 4) is 0 Å². The molecule has 25 heavy (non-hydrogen) atoms. The number of thiophene rings is 1. The number of aliphatic imine (C=N–C) groups is 1. The summed E-state index contributed by atoms with van der Waals surface area (Å²) in [4.78, 5) is 5.04. The third-order valence-electron chi connectivity index (χ3n) is 3.29. The van der Waals surface area contributed by atoms with Gasteiger partial charge in [-0.2, -0.15) is 0 Å². The van der Waals surface area contributed by atoms with Gasteiger partial charge in [0.05, 0.1) is 21.4 Å². The van der Waals surface area contributed by atoms with Gasteiger partial charge in [-0.25, -0.2) is 8.42 Å². The Kier molecular flexibility index (Phi) is 10.9. The Bertz CT molecular complexity index is 657. The van der Waals surface area contributed by atoms with Crippen LogP contribution < -0.4 is 10.6 Å². The quantitative estimate of drug-likeness (QED) is 0.290.